The van der Waals surface area contributed by atoms with Crippen molar-refractivity contribution in [2.24, 2.45) is 0 Å². The Morgan fingerprint density at radius 1 is 0.667 bits per heavy atom. The average molecular weight is 395 g/mol. The van der Waals surface area contributed by atoms with Crippen molar-refractivity contribution in [1.29, 1.82) is 0 Å². The van der Waals surface area contributed by atoms with E-state index in [1.807, 2.05) is 84.9 Å². The molecule has 0 amide bonds. The quantitative estimate of drug-likeness (QED) is 0.358. The molecular weight excluding hydrogens is 374 g/mol. The van der Waals surface area contributed by atoms with Crippen LogP contribution in [0.4, 0.5) is 0 Å². The second kappa shape index (κ2) is 9.52. The van der Waals surface area contributed by atoms with Crippen molar-refractivity contribution in [3.63, 3.8) is 0 Å². The van der Waals surface area contributed by atoms with Gasteiger partial charge in [-0.05, 0) is 22.8 Å². The summed E-state index contributed by atoms with van der Waals surface area (Å²) < 4.78 is 11.9. The van der Waals surface area contributed by atoms with Crippen molar-refractivity contribution in [2.75, 3.05) is 0 Å². The van der Waals surface area contributed by atoms with Crippen molar-refractivity contribution >= 4 is 6.29 Å². The van der Waals surface area contributed by atoms with Gasteiger partial charge in [-0.3, -0.25) is 4.79 Å². The SMILES string of the molecule is O=Cc1ccc(-c2ccc(OCc3ccccc3)nc2OCc2ccccc2)cc1. The number of pyridine rings is 1. The second-order valence-corrected chi connectivity index (χ2v) is 6.79. The molecule has 0 unspecified atom stereocenters. The average Bonchev–Trinajstić information content (AvgIpc) is 2.83. The molecule has 0 N–H and O–H groups in total. The molecule has 0 atom stereocenters. The fraction of sp³-hybridized carbons (Fsp3) is 0.0769. The van der Waals surface area contributed by atoms with E-state index in [0.29, 0.717) is 30.5 Å². The van der Waals surface area contributed by atoms with Gasteiger partial charge in [0.25, 0.3) is 0 Å². The van der Waals surface area contributed by atoms with Crippen LogP contribution >= 0.6 is 0 Å². The number of aromatic nitrogens is 1. The number of nitrogens with zero attached hydrogens (tertiary/aromatic N) is 1. The van der Waals surface area contributed by atoms with Gasteiger partial charge < -0.3 is 9.47 Å². The molecule has 0 saturated heterocycles. The van der Waals surface area contributed by atoms with Gasteiger partial charge in [-0.1, -0.05) is 84.9 Å². The van der Waals surface area contributed by atoms with Crippen LogP contribution in [0.1, 0.15) is 21.5 Å². The maximum atomic E-state index is 11.0. The second-order valence-electron chi connectivity index (χ2n) is 6.79. The van der Waals surface area contributed by atoms with E-state index >= 15 is 0 Å². The van der Waals surface area contributed by atoms with Gasteiger partial charge >= 0.3 is 0 Å². The lowest BCUT2D eigenvalue weighted by atomic mass is 10.1. The lowest BCUT2D eigenvalue weighted by Gasteiger charge is -2.13. The Morgan fingerprint density at radius 2 is 1.27 bits per heavy atom. The highest BCUT2D eigenvalue weighted by Crippen LogP contribution is 2.31. The third kappa shape index (κ3) is 4.92. The van der Waals surface area contributed by atoms with Gasteiger partial charge in [0.2, 0.25) is 11.8 Å². The Kier molecular flexibility index (Phi) is 6.16. The summed E-state index contributed by atoms with van der Waals surface area (Å²) in [7, 11) is 0. The van der Waals surface area contributed by atoms with Crippen molar-refractivity contribution in [2.45, 2.75) is 13.2 Å². The predicted octanol–water partition coefficient (Wildman–Crippen LogP) is 5.72. The number of hydrogen-bond donors (Lipinski definition) is 0. The highest BCUT2D eigenvalue weighted by molar-refractivity contribution is 5.77. The van der Waals surface area contributed by atoms with Gasteiger partial charge in [-0.15, -0.1) is 0 Å². The topological polar surface area (TPSA) is 48.4 Å². The zero-order valence-corrected chi connectivity index (χ0v) is 16.4. The molecule has 0 saturated carbocycles. The molecule has 0 aliphatic heterocycles. The Bertz CT molecular complexity index is 1090. The number of carbonyl (C=O) groups excluding carboxylic acids is 1. The van der Waals surface area contributed by atoms with E-state index in [2.05, 4.69) is 4.98 Å². The van der Waals surface area contributed by atoms with Crippen molar-refractivity contribution in [3.05, 3.63) is 114 Å². The first kappa shape index (κ1) is 19.4. The third-order valence-corrected chi connectivity index (χ3v) is 4.64. The molecule has 0 aliphatic carbocycles. The lowest BCUT2D eigenvalue weighted by Crippen LogP contribution is -2.02. The Labute approximate surface area is 175 Å². The zero-order chi connectivity index (χ0) is 20.6. The normalized spacial score (nSPS) is 10.4. The van der Waals surface area contributed by atoms with E-state index in [1.54, 1.807) is 12.1 Å². The molecule has 4 aromatic rings. The number of rotatable bonds is 8. The molecular formula is C26H21NO3. The van der Waals surface area contributed by atoms with E-state index in [1.165, 1.54) is 0 Å². The van der Waals surface area contributed by atoms with Gasteiger partial charge in [-0.2, -0.15) is 4.98 Å². The molecule has 0 aliphatic rings. The molecule has 4 rings (SSSR count). The molecule has 0 radical (unpaired) electrons. The maximum Gasteiger partial charge on any atom is 0.225 e. The van der Waals surface area contributed by atoms with Crippen LogP contribution in [0, 0.1) is 0 Å². The molecule has 0 fully saturated rings. The lowest BCUT2D eigenvalue weighted by molar-refractivity contribution is 0.112. The number of ether oxygens (including phenoxy) is 2. The largest absolute Gasteiger partial charge is 0.473 e. The summed E-state index contributed by atoms with van der Waals surface area (Å²) in [4.78, 5) is 15.6. The highest BCUT2D eigenvalue weighted by atomic mass is 16.5. The first-order valence-corrected chi connectivity index (χ1v) is 9.72. The van der Waals surface area contributed by atoms with E-state index in [4.69, 9.17) is 9.47 Å². The summed E-state index contributed by atoms with van der Waals surface area (Å²) in [6.07, 6.45) is 0.829. The minimum Gasteiger partial charge on any atom is -0.473 e. The van der Waals surface area contributed by atoms with Gasteiger partial charge in [0.15, 0.2) is 0 Å². The zero-order valence-electron chi connectivity index (χ0n) is 16.4. The number of carbonyl (C=O) groups is 1. The summed E-state index contributed by atoms with van der Waals surface area (Å²) in [5, 5.41) is 0. The smallest absolute Gasteiger partial charge is 0.225 e. The third-order valence-electron chi connectivity index (χ3n) is 4.64. The van der Waals surface area contributed by atoms with Crippen LogP contribution in [0.2, 0.25) is 0 Å². The fourth-order valence-electron chi connectivity index (χ4n) is 3.03. The summed E-state index contributed by atoms with van der Waals surface area (Å²) in [5.74, 6) is 0.985. The first-order chi connectivity index (χ1) is 14.8. The maximum absolute atomic E-state index is 11.0. The van der Waals surface area contributed by atoms with E-state index < -0.39 is 0 Å². The van der Waals surface area contributed by atoms with E-state index in [0.717, 1.165) is 28.5 Å². The minimum atomic E-state index is 0.398. The number of hydrogen-bond acceptors (Lipinski definition) is 4. The standard InChI is InChI=1S/C26H21NO3/c28-17-20-11-13-23(14-12-20)24-15-16-25(29-18-21-7-3-1-4-8-21)27-26(24)30-19-22-9-5-2-6-10-22/h1-17H,18-19H2. The Balaban J connectivity index is 1.59. The fourth-order valence-corrected chi connectivity index (χ4v) is 3.03. The van der Waals surface area contributed by atoms with Crippen molar-refractivity contribution < 1.29 is 14.3 Å². The van der Waals surface area contributed by atoms with E-state index in [-0.39, 0.29) is 0 Å². The van der Waals surface area contributed by atoms with Crippen LogP contribution in [0.5, 0.6) is 11.8 Å². The number of aldehydes is 1. The van der Waals surface area contributed by atoms with Gasteiger partial charge in [0.05, 0.1) is 0 Å². The van der Waals surface area contributed by atoms with Crippen LogP contribution in [-0.4, -0.2) is 11.3 Å². The Hall–Kier alpha value is -3.92. The molecule has 1 heterocycles. The summed E-state index contributed by atoms with van der Waals surface area (Å²) >= 11 is 0. The molecule has 4 nitrogen and oxygen atoms in total. The minimum absolute atomic E-state index is 0.398. The monoisotopic (exact) mass is 395 g/mol. The number of benzene rings is 3. The van der Waals surface area contributed by atoms with Gasteiger partial charge in [-0.25, -0.2) is 0 Å². The van der Waals surface area contributed by atoms with Crippen LogP contribution in [0.3, 0.4) is 0 Å². The van der Waals surface area contributed by atoms with Crippen LogP contribution < -0.4 is 9.47 Å². The molecule has 4 heteroatoms. The molecule has 3 aromatic carbocycles. The van der Waals surface area contributed by atoms with Gasteiger partial charge in [0, 0.05) is 17.2 Å². The van der Waals surface area contributed by atoms with Crippen LogP contribution in [-0.2, 0) is 13.2 Å². The van der Waals surface area contributed by atoms with Gasteiger partial charge in [0.1, 0.15) is 19.5 Å². The predicted molar refractivity (Wildman–Crippen MR) is 117 cm³/mol. The molecule has 1 aromatic heterocycles. The van der Waals surface area contributed by atoms with Crippen LogP contribution in [0.25, 0.3) is 11.1 Å². The van der Waals surface area contributed by atoms with Crippen LogP contribution in [0.15, 0.2) is 97.1 Å². The molecule has 0 bridgehead atoms. The molecule has 30 heavy (non-hydrogen) atoms. The van der Waals surface area contributed by atoms with E-state index in [9.17, 15) is 4.79 Å². The highest BCUT2D eigenvalue weighted by Gasteiger charge is 2.11. The Morgan fingerprint density at radius 3 is 1.87 bits per heavy atom. The van der Waals surface area contributed by atoms with Crippen molar-refractivity contribution in [3.8, 4) is 22.9 Å². The first-order valence-electron chi connectivity index (χ1n) is 9.72. The summed E-state index contributed by atoms with van der Waals surface area (Å²) in [5.41, 5.74) is 4.51. The summed E-state index contributed by atoms with van der Waals surface area (Å²) in [6.45, 7) is 0.828. The summed E-state index contributed by atoms with van der Waals surface area (Å²) in [6, 6.07) is 31.0. The molecule has 148 valence electrons. The van der Waals surface area contributed by atoms with Crippen molar-refractivity contribution in [1.82, 2.24) is 4.98 Å². The molecule has 0 spiro atoms.